The normalized spacial score (nSPS) is 12.1. The molecule has 0 atom stereocenters. The minimum absolute atomic E-state index is 0.167. The lowest BCUT2D eigenvalue weighted by Crippen LogP contribution is -2.11. The molecule has 2 nitrogen and oxygen atoms in total. The Morgan fingerprint density at radius 3 is 2.19 bits per heavy atom. The Bertz CT molecular complexity index is 986. The third-order valence-corrected chi connectivity index (χ3v) is 5.85. The molecule has 0 bridgehead atoms. The Hall–Kier alpha value is -2.13. The SMILES string of the molecule is Cc1cc(N=Cc2cc(C)n(-c3ccc(C(C)(C)C)cc3)c2C)ccc1Br. The van der Waals surface area contributed by atoms with E-state index in [1.165, 1.54) is 28.2 Å². The summed E-state index contributed by atoms with van der Waals surface area (Å²) >= 11 is 3.54. The highest BCUT2D eigenvalue weighted by Crippen LogP contribution is 2.26. The molecule has 0 fully saturated rings. The lowest BCUT2D eigenvalue weighted by Gasteiger charge is -2.20. The van der Waals surface area contributed by atoms with Gasteiger partial charge in [0.2, 0.25) is 0 Å². The Morgan fingerprint density at radius 2 is 1.59 bits per heavy atom. The summed E-state index contributed by atoms with van der Waals surface area (Å²) in [7, 11) is 0. The van der Waals surface area contributed by atoms with Crippen LogP contribution >= 0.6 is 15.9 Å². The zero-order chi connectivity index (χ0) is 19.8. The summed E-state index contributed by atoms with van der Waals surface area (Å²) in [5, 5.41) is 0. The lowest BCUT2D eigenvalue weighted by molar-refractivity contribution is 0.590. The quantitative estimate of drug-likeness (QED) is 0.396. The van der Waals surface area contributed by atoms with Gasteiger partial charge < -0.3 is 4.57 Å². The van der Waals surface area contributed by atoms with Gasteiger partial charge in [-0.1, -0.05) is 48.8 Å². The van der Waals surface area contributed by atoms with Crippen molar-refractivity contribution in [2.75, 3.05) is 0 Å². The van der Waals surface area contributed by atoms with Gasteiger partial charge in [0, 0.05) is 33.3 Å². The van der Waals surface area contributed by atoms with E-state index < -0.39 is 0 Å². The van der Waals surface area contributed by atoms with Crippen LogP contribution in [0.4, 0.5) is 5.69 Å². The van der Waals surface area contributed by atoms with Crippen molar-refractivity contribution in [3.05, 3.63) is 81.1 Å². The molecule has 0 aliphatic heterocycles. The van der Waals surface area contributed by atoms with Crippen molar-refractivity contribution in [2.24, 2.45) is 4.99 Å². The fraction of sp³-hybridized carbons (Fsp3) is 0.292. The van der Waals surface area contributed by atoms with Crippen molar-refractivity contribution < 1.29 is 0 Å². The van der Waals surface area contributed by atoms with Crippen molar-refractivity contribution in [1.29, 1.82) is 0 Å². The van der Waals surface area contributed by atoms with Gasteiger partial charge in [-0.05, 0) is 73.7 Å². The molecule has 0 saturated heterocycles. The molecule has 0 amide bonds. The first kappa shape index (κ1) is 19.6. The first-order chi connectivity index (χ1) is 12.7. The minimum Gasteiger partial charge on any atom is -0.318 e. The Morgan fingerprint density at radius 1 is 0.926 bits per heavy atom. The van der Waals surface area contributed by atoms with Crippen molar-refractivity contribution >= 4 is 27.8 Å². The van der Waals surface area contributed by atoms with Gasteiger partial charge in [0.1, 0.15) is 0 Å². The van der Waals surface area contributed by atoms with E-state index in [9.17, 15) is 0 Å². The van der Waals surface area contributed by atoms with Crippen molar-refractivity contribution in [3.8, 4) is 5.69 Å². The molecule has 0 radical (unpaired) electrons. The third kappa shape index (κ3) is 4.24. The van der Waals surface area contributed by atoms with Gasteiger partial charge in [-0.3, -0.25) is 4.99 Å². The molecule has 140 valence electrons. The predicted molar refractivity (Wildman–Crippen MR) is 120 cm³/mol. The summed E-state index contributed by atoms with van der Waals surface area (Å²) in [5.41, 5.74) is 8.42. The van der Waals surface area contributed by atoms with Crippen LogP contribution in [0, 0.1) is 20.8 Å². The first-order valence-corrected chi connectivity index (χ1v) is 10.1. The third-order valence-electron chi connectivity index (χ3n) is 4.96. The van der Waals surface area contributed by atoms with Crippen molar-refractivity contribution in [2.45, 2.75) is 47.0 Å². The molecule has 0 saturated carbocycles. The van der Waals surface area contributed by atoms with Crippen molar-refractivity contribution in [1.82, 2.24) is 4.57 Å². The summed E-state index contributed by atoms with van der Waals surface area (Å²) in [6.07, 6.45) is 1.96. The van der Waals surface area contributed by atoms with E-state index in [0.717, 1.165) is 15.7 Å². The standard InChI is InChI=1S/C24H27BrN2/c1-16-13-21(9-12-23(16)25)26-15-19-14-17(2)27(18(19)3)22-10-7-20(8-11-22)24(4,5)6/h7-15H,1-6H3. The number of hydrogen-bond acceptors (Lipinski definition) is 1. The van der Waals surface area contributed by atoms with Gasteiger partial charge in [0.15, 0.2) is 0 Å². The maximum Gasteiger partial charge on any atom is 0.0633 e. The van der Waals surface area contributed by atoms with Crippen LogP contribution in [-0.2, 0) is 5.41 Å². The average molecular weight is 423 g/mol. The molecule has 2 aromatic carbocycles. The monoisotopic (exact) mass is 422 g/mol. The molecule has 3 rings (SSSR count). The molecular weight excluding hydrogens is 396 g/mol. The summed E-state index contributed by atoms with van der Waals surface area (Å²) < 4.78 is 3.40. The zero-order valence-electron chi connectivity index (χ0n) is 17.0. The van der Waals surface area contributed by atoms with E-state index in [1.54, 1.807) is 0 Å². The summed E-state index contributed by atoms with van der Waals surface area (Å²) in [4.78, 5) is 4.67. The fourth-order valence-corrected chi connectivity index (χ4v) is 3.53. The van der Waals surface area contributed by atoms with Crippen molar-refractivity contribution in [3.63, 3.8) is 0 Å². The van der Waals surface area contributed by atoms with Crippen LogP contribution < -0.4 is 0 Å². The number of aryl methyl sites for hydroxylation is 2. The van der Waals surface area contributed by atoms with E-state index in [0.29, 0.717) is 0 Å². The highest BCUT2D eigenvalue weighted by atomic mass is 79.9. The largest absolute Gasteiger partial charge is 0.318 e. The highest BCUT2D eigenvalue weighted by molar-refractivity contribution is 9.10. The molecule has 0 aliphatic carbocycles. The lowest BCUT2D eigenvalue weighted by atomic mass is 9.87. The van der Waals surface area contributed by atoms with Crippen LogP contribution in [0.25, 0.3) is 5.69 Å². The minimum atomic E-state index is 0.167. The number of aliphatic imine (C=N–C) groups is 1. The number of aromatic nitrogens is 1. The Labute approximate surface area is 171 Å². The predicted octanol–water partition coefficient (Wildman–Crippen LogP) is 7.21. The molecule has 0 spiro atoms. The maximum absolute atomic E-state index is 4.67. The maximum atomic E-state index is 4.67. The molecule has 27 heavy (non-hydrogen) atoms. The van der Waals surface area contributed by atoms with E-state index in [-0.39, 0.29) is 5.41 Å². The summed E-state index contributed by atoms with van der Waals surface area (Å²) in [6, 6.07) is 17.2. The average Bonchev–Trinajstić information content (AvgIpc) is 2.89. The van der Waals surface area contributed by atoms with Crippen LogP contribution in [-0.4, -0.2) is 10.8 Å². The highest BCUT2D eigenvalue weighted by Gasteiger charge is 2.14. The van der Waals surface area contributed by atoms with Crippen LogP contribution in [0.3, 0.4) is 0 Å². The Kier molecular flexibility index (Phi) is 5.43. The molecule has 0 N–H and O–H groups in total. The van der Waals surface area contributed by atoms with Gasteiger partial charge in [0.25, 0.3) is 0 Å². The molecule has 1 heterocycles. The van der Waals surface area contributed by atoms with Gasteiger partial charge in [-0.25, -0.2) is 0 Å². The molecule has 0 unspecified atom stereocenters. The van der Waals surface area contributed by atoms with Crippen LogP contribution in [0.5, 0.6) is 0 Å². The smallest absolute Gasteiger partial charge is 0.0633 e. The number of nitrogens with zero attached hydrogens (tertiary/aromatic N) is 2. The summed E-state index contributed by atoms with van der Waals surface area (Å²) in [6.45, 7) is 13.1. The number of halogens is 1. The fourth-order valence-electron chi connectivity index (χ4n) is 3.28. The molecular formula is C24H27BrN2. The molecule has 0 aliphatic rings. The van der Waals surface area contributed by atoms with Crippen LogP contribution in [0.1, 0.15) is 48.8 Å². The molecule has 3 aromatic rings. The second kappa shape index (κ2) is 7.47. The first-order valence-electron chi connectivity index (χ1n) is 9.27. The van der Waals surface area contributed by atoms with Gasteiger partial charge in [-0.2, -0.15) is 0 Å². The molecule has 1 aromatic heterocycles. The van der Waals surface area contributed by atoms with Gasteiger partial charge in [-0.15, -0.1) is 0 Å². The van der Waals surface area contributed by atoms with Crippen LogP contribution in [0.2, 0.25) is 0 Å². The van der Waals surface area contributed by atoms with E-state index in [1.807, 2.05) is 18.3 Å². The van der Waals surface area contributed by atoms with Gasteiger partial charge in [0.05, 0.1) is 5.69 Å². The zero-order valence-corrected chi connectivity index (χ0v) is 18.6. The summed E-state index contributed by atoms with van der Waals surface area (Å²) in [5.74, 6) is 0. The topological polar surface area (TPSA) is 17.3 Å². The second-order valence-corrected chi connectivity index (χ2v) is 9.00. The Balaban J connectivity index is 1.92. The number of hydrogen-bond donors (Lipinski definition) is 0. The molecule has 3 heteroatoms. The second-order valence-electron chi connectivity index (χ2n) is 8.15. The van der Waals surface area contributed by atoms with E-state index >= 15 is 0 Å². The van der Waals surface area contributed by atoms with Crippen LogP contribution in [0.15, 0.2) is 58.0 Å². The number of rotatable bonds is 3. The van der Waals surface area contributed by atoms with E-state index in [2.05, 4.69) is 103 Å². The van der Waals surface area contributed by atoms with E-state index in [4.69, 9.17) is 0 Å². The van der Waals surface area contributed by atoms with Gasteiger partial charge >= 0.3 is 0 Å². The number of benzene rings is 2.